The predicted molar refractivity (Wildman–Crippen MR) is 43.2 cm³/mol. The molecule has 0 unspecified atom stereocenters. The third kappa shape index (κ3) is 1.33. The largest absolute Gasteiger partial charge is 0.373 e. The molecule has 1 aromatic rings. The number of aromatic nitrogens is 1. The van der Waals surface area contributed by atoms with Crippen LogP contribution in [0.4, 0.5) is 5.82 Å². The lowest BCUT2D eigenvalue weighted by atomic mass is 10.2. The highest BCUT2D eigenvalue weighted by molar-refractivity contribution is 5.47. The Kier molecular flexibility index (Phi) is 2.25. The molecule has 0 bridgehead atoms. The summed E-state index contributed by atoms with van der Waals surface area (Å²) in [4.78, 5) is 3.89. The van der Waals surface area contributed by atoms with Gasteiger partial charge in [-0.15, -0.1) is 0 Å². The van der Waals surface area contributed by atoms with E-state index in [0.717, 1.165) is 0 Å². The van der Waals surface area contributed by atoms with Crippen LogP contribution in [0.3, 0.4) is 0 Å². The summed E-state index contributed by atoms with van der Waals surface area (Å²) in [6, 6.07) is 6.95. The van der Waals surface area contributed by atoms with Gasteiger partial charge in [0, 0.05) is 7.05 Å². The van der Waals surface area contributed by atoms with Crippen molar-refractivity contribution >= 4 is 5.82 Å². The smallest absolute Gasteiger partial charge is 0.160 e. The lowest BCUT2D eigenvalue weighted by Crippen LogP contribution is -1.96. The van der Waals surface area contributed by atoms with Crippen LogP contribution in [0.25, 0.3) is 0 Å². The molecule has 1 N–H and O–H groups in total. The van der Waals surface area contributed by atoms with Crippen molar-refractivity contribution in [2.45, 2.75) is 0 Å². The topological polar surface area (TPSA) is 72.5 Å². The van der Waals surface area contributed by atoms with Crippen LogP contribution in [0.1, 0.15) is 11.3 Å². The minimum Gasteiger partial charge on any atom is -0.373 e. The highest BCUT2D eigenvalue weighted by atomic mass is 15.0. The third-order valence-electron chi connectivity index (χ3n) is 1.38. The Morgan fingerprint density at radius 3 is 2.58 bits per heavy atom. The van der Waals surface area contributed by atoms with E-state index in [0.29, 0.717) is 11.4 Å². The van der Waals surface area contributed by atoms with Gasteiger partial charge in [-0.05, 0) is 12.1 Å². The molecule has 0 saturated carbocycles. The van der Waals surface area contributed by atoms with Gasteiger partial charge in [-0.1, -0.05) is 0 Å². The zero-order chi connectivity index (χ0) is 8.97. The second-order valence-electron chi connectivity index (χ2n) is 2.07. The lowest BCUT2D eigenvalue weighted by Gasteiger charge is -1.98. The van der Waals surface area contributed by atoms with E-state index in [4.69, 9.17) is 10.5 Å². The molecule has 1 heterocycles. The molecule has 0 aromatic carbocycles. The van der Waals surface area contributed by atoms with Crippen molar-refractivity contribution in [2.24, 2.45) is 0 Å². The zero-order valence-corrected chi connectivity index (χ0v) is 6.50. The van der Waals surface area contributed by atoms with Crippen LogP contribution in [0, 0.1) is 22.7 Å². The van der Waals surface area contributed by atoms with E-state index in [1.54, 1.807) is 19.2 Å². The van der Waals surface area contributed by atoms with E-state index in [1.807, 2.05) is 12.1 Å². The van der Waals surface area contributed by atoms with Gasteiger partial charge in [-0.25, -0.2) is 4.98 Å². The second-order valence-corrected chi connectivity index (χ2v) is 2.07. The Bertz CT molecular complexity index is 370. The Balaban J connectivity index is 3.25. The Morgan fingerprint density at radius 2 is 2.08 bits per heavy atom. The fraction of sp³-hybridized carbons (Fsp3) is 0.125. The van der Waals surface area contributed by atoms with Crippen molar-refractivity contribution in [3.63, 3.8) is 0 Å². The van der Waals surface area contributed by atoms with Gasteiger partial charge in [0.15, 0.2) is 5.69 Å². The lowest BCUT2D eigenvalue weighted by molar-refractivity contribution is 1.22. The van der Waals surface area contributed by atoms with Crippen molar-refractivity contribution in [3.8, 4) is 12.1 Å². The van der Waals surface area contributed by atoms with E-state index in [2.05, 4.69) is 10.3 Å². The summed E-state index contributed by atoms with van der Waals surface area (Å²) in [5.41, 5.74) is 0.459. The van der Waals surface area contributed by atoms with Crippen molar-refractivity contribution in [1.29, 1.82) is 10.5 Å². The van der Waals surface area contributed by atoms with Gasteiger partial charge >= 0.3 is 0 Å². The summed E-state index contributed by atoms with van der Waals surface area (Å²) < 4.78 is 0. The minimum absolute atomic E-state index is 0.157. The molecule has 1 rings (SSSR count). The van der Waals surface area contributed by atoms with E-state index < -0.39 is 0 Å². The molecule has 12 heavy (non-hydrogen) atoms. The Labute approximate surface area is 70.1 Å². The summed E-state index contributed by atoms with van der Waals surface area (Å²) in [5.74, 6) is 0.588. The number of hydrogen-bond acceptors (Lipinski definition) is 4. The highest BCUT2D eigenvalue weighted by Gasteiger charge is 2.02. The van der Waals surface area contributed by atoms with Crippen LogP contribution in [-0.2, 0) is 0 Å². The molecule has 0 amide bonds. The summed E-state index contributed by atoms with van der Waals surface area (Å²) in [6.45, 7) is 0. The Morgan fingerprint density at radius 1 is 1.33 bits per heavy atom. The molecule has 0 aliphatic rings. The average molecular weight is 158 g/mol. The number of nitrogens with zero attached hydrogens (tertiary/aromatic N) is 3. The summed E-state index contributed by atoms with van der Waals surface area (Å²) in [7, 11) is 1.70. The number of nitriles is 2. The van der Waals surface area contributed by atoms with Crippen LogP contribution >= 0.6 is 0 Å². The fourth-order valence-corrected chi connectivity index (χ4v) is 0.774. The first-order valence-electron chi connectivity index (χ1n) is 3.31. The van der Waals surface area contributed by atoms with Crippen molar-refractivity contribution in [2.75, 3.05) is 12.4 Å². The van der Waals surface area contributed by atoms with Crippen molar-refractivity contribution in [1.82, 2.24) is 4.98 Å². The van der Waals surface area contributed by atoms with Crippen molar-refractivity contribution < 1.29 is 0 Å². The van der Waals surface area contributed by atoms with E-state index in [1.165, 1.54) is 0 Å². The first-order valence-corrected chi connectivity index (χ1v) is 3.31. The number of nitrogens with one attached hydrogen (secondary N) is 1. The number of hydrogen-bond donors (Lipinski definition) is 1. The third-order valence-corrected chi connectivity index (χ3v) is 1.38. The van der Waals surface area contributed by atoms with Crippen molar-refractivity contribution in [3.05, 3.63) is 23.4 Å². The molecule has 0 atom stereocenters. The molecule has 0 saturated heterocycles. The van der Waals surface area contributed by atoms with Gasteiger partial charge in [0.05, 0.1) is 5.56 Å². The average Bonchev–Trinajstić information content (AvgIpc) is 2.16. The highest BCUT2D eigenvalue weighted by Crippen LogP contribution is 2.08. The molecule has 1 aromatic heterocycles. The molecule has 4 heteroatoms. The maximum atomic E-state index is 8.58. The van der Waals surface area contributed by atoms with Crippen LogP contribution < -0.4 is 5.32 Å². The summed E-state index contributed by atoms with van der Waals surface area (Å²) in [6.07, 6.45) is 0. The van der Waals surface area contributed by atoms with Crippen LogP contribution in [0.2, 0.25) is 0 Å². The molecule has 58 valence electrons. The maximum absolute atomic E-state index is 8.58. The van der Waals surface area contributed by atoms with Crippen LogP contribution in [-0.4, -0.2) is 12.0 Å². The minimum atomic E-state index is 0.157. The molecule has 0 radical (unpaired) electrons. The monoisotopic (exact) mass is 158 g/mol. The SMILES string of the molecule is CNc1ccc(C#N)c(C#N)n1. The van der Waals surface area contributed by atoms with Crippen LogP contribution in [0.5, 0.6) is 0 Å². The Hall–Kier alpha value is -2.07. The van der Waals surface area contributed by atoms with Gasteiger partial charge in [-0.3, -0.25) is 0 Å². The second kappa shape index (κ2) is 3.36. The molecular formula is C8H6N4. The normalized spacial score (nSPS) is 8.25. The van der Waals surface area contributed by atoms with Crippen LogP contribution in [0.15, 0.2) is 12.1 Å². The van der Waals surface area contributed by atoms with Gasteiger partial charge in [0.1, 0.15) is 18.0 Å². The van der Waals surface area contributed by atoms with Gasteiger partial charge in [0.2, 0.25) is 0 Å². The molecule has 4 nitrogen and oxygen atoms in total. The fourth-order valence-electron chi connectivity index (χ4n) is 0.774. The maximum Gasteiger partial charge on any atom is 0.160 e. The molecular weight excluding hydrogens is 152 g/mol. The van der Waals surface area contributed by atoms with Gasteiger partial charge in [-0.2, -0.15) is 10.5 Å². The molecule has 0 spiro atoms. The standard InChI is InChI=1S/C8H6N4/c1-11-8-3-2-6(4-9)7(5-10)12-8/h2-3H,1H3,(H,11,12). The molecule has 0 aliphatic heterocycles. The first kappa shape index (κ1) is 8.03. The summed E-state index contributed by atoms with van der Waals surface area (Å²) >= 11 is 0. The van der Waals surface area contributed by atoms with E-state index in [9.17, 15) is 0 Å². The molecule has 0 fully saturated rings. The predicted octanol–water partition coefficient (Wildman–Crippen LogP) is 0.867. The summed E-state index contributed by atoms with van der Waals surface area (Å²) in [5, 5.41) is 19.9. The van der Waals surface area contributed by atoms with E-state index in [-0.39, 0.29) is 5.69 Å². The molecule has 0 aliphatic carbocycles. The van der Waals surface area contributed by atoms with E-state index >= 15 is 0 Å². The quantitative estimate of drug-likeness (QED) is 0.658. The van der Waals surface area contributed by atoms with Gasteiger partial charge in [0.25, 0.3) is 0 Å². The zero-order valence-electron chi connectivity index (χ0n) is 6.50. The number of rotatable bonds is 1. The number of anilines is 1. The van der Waals surface area contributed by atoms with Gasteiger partial charge < -0.3 is 5.32 Å². The first-order chi connectivity index (χ1) is 5.81. The number of pyridine rings is 1.